The molecule has 5 nitrogen and oxygen atoms in total. The van der Waals surface area contributed by atoms with Gasteiger partial charge in [0.2, 0.25) is 10.0 Å². The van der Waals surface area contributed by atoms with Crippen molar-refractivity contribution >= 4 is 10.0 Å². The van der Waals surface area contributed by atoms with Crippen LogP contribution in [0.25, 0.3) is 0 Å². The number of hydrogen-bond donors (Lipinski definition) is 2. The summed E-state index contributed by atoms with van der Waals surface area (Å²) in [5.41, 5.74) is 0. The third kappa shape index (κ3) is 11.8. The fourth-order valence-corrected chi connectivity index (χ4v) is 1.41. The third-order valence-electron chi connectivity index (χ3n) is 1.63. The normalized spacial score (nSPS) is 12.3. The van der Waals surface area contributed by atoms with Crippen LogP contribution >= 0.6 is 0 Å². The number of sulfonamides is 1. The minimum Gasteiger partial charge on any atom is -0.315 e. The number of nitrogens with zero attached hydrogens (tertiary/aromatic N) is 1. The van der Waals surface area contributed by atoms with Gasteiger partial charge in [-0.1, -0.05) is 0 Å². The van der Waals surface area contributed by atoms with Gasteiger partial charge in [0.1, 0.15) is 0 Å². The molecule has 0 radical (unpaired) electrons. The maximum atomic E-state index is 10.7. The zero-order valence-electron chi connectivity index (χ0n) is 9.21. The average molecular weight is 223 g/mol. The molecule has 0 saturated heterocycles. The van der Waals surface area contributed by atoms with Gasteiger partial charge in [-0.2, -0.15) is 0 Å². The minimum atomic E-state index is -3.02. The fourth-order valence-electron chi connectivity index (χ4n) is 0.899. The van der Waals surface area contributed by atoms with E-state index in [4.69, 9.17) is 0 Å². The zero-order chi connectivity index (χ0) is 11.0. The number of likely N-dealkylation sites (N-methyl/N-ethyl adjacent to an activating group) is 1. The molecular weight excluding hydrogens is 202 g/mol. The first kappa shape index (κ1) is 13.8. The Balaban J connectivity index is 3.15. The van der Waals surface area contributed by atoms with Gasteiger partial charge in [0, 0.05) is 19.6 Å². The minimum absolute atomic E-state index is 0.508. The van der Waals surface area contributed by atoms with Crippen molar-refractivity contribution in [2.45, 2.75) is 6.42 Å². The lowest BCUT2D eigenvalue weighted by molar-refractivity contribution is 0.399. The summed E-state index contributed by atoms with van der Waals surface area (Å²) in [6.07, 6.45) is 1.99. The SMILES string of the molecule is CN(C)CCNCCCNS(C)(=O)=O. The van der Waals surface area contributed by atoms with Crippen LogP contribution in [-0.4, -0.2) is 59.8 Å². The van der Waals surface area contributed by atoms with Crippen LogP contribution in [0.1, 0.15) is 6.42 Å². The Morgan fingerprint density at radius 2 is 1.79 bits per heavy atom. The Morgan fingerprint density at radius 3 is 2.29 bits per heavy atom. The zero-order valence-corrected chi connectivity index (χ0v) is 10.0. The second-order valence-corrected chi connectivity index (χ2v) is 5.41. The summed E-state index contributed by atoms with van der Waals surface area (Å²) in [6.45, 7) is 3.29. The number of nitrogens with one attached hydrogen (secondary N) is 2. The van der Waals surface area contributed by atoms with Gasteiger partial charge in [0.25, 0.3) is 0 Å². The highest BCUT2D eigenvalue weighted by molar-refractivity contribution is 7.88. The maximum absolute atomic E-state index is 10.7. The van der Waals surface area contributed by atoms with Gasteiger partial charge in [-0.3, -0.25) is 0 Å². The first-order valence-electron chi connectivity index (χ1n) is 4.72. The van der Waals surface area contributed by atoms with E-state index < -0.39 is 10.0 Å². The first-order chi connectivity index (χ1) is 6.42. The van der Waals surface area contributed by atoms with E-state index in [1.54, 1.807) is 0 Å². The molecule has 0 aliphatic heterocycles. The second kappa shape index (κ2) is 7.17. The second-order valence-electron chi connectivity index (χ2n) is 3.57. The van der Waals surface area contributed by atoms with Crippen LogP contribution in [0, 0.1) is 0 Å². The fraction of sp³-hybridized carbons (Fsp3) is 1.00. The summed E-state index contributed by atoms with van der Waals surface area (Å²) >= 11 is 0. The number of rotatable bonds is 8. The van der Waals surface area contributed by atoms with Crippen LogP contribution in [0.15, 0.2) is 0 Å². The van der Waals surface area contributed by atoms with Gasteiger partial charge in [0.05, 0.1) is 6.26 Å². The van der Waals surface area contributed by atoms with Crippen molar-refractivity contribution in [3.63, 3.8) is 0 Å². The van der Waals surface area contributed by atoms with Crippen molar-refractivity contribution in [2.24, 2.45) is 0 Å². The lowest BCUT2D eigenvalue weighted by atomic mass is 10.4. The third-order valence-corrected chi connectivity index (χ3v) is 2.36. The quantitative estimate of drug-likeness (QED) is 0.522. The van der Waals surface area contributed by atoms with Crippen molar-refractivity contribution in [2.75, 3.05) is 46.5 Å². The van der Waals surface area contributed by atoms with Gasteiger partial charge < -0.3 is 10.2 Å². The summed E-state index contributed by atoms with van der Waals surface area (Å²) in [5.74, 6) is 0. The molecule has 0 atom stereocenters. The van der Waals surface area contributed by atoms with Crippen molar-refractivity contribution in [1.29, 1.82) is 0 Å². The highest BCUT2D eigenvalue weighted by Gasteiger charge is 1.97. The number of hydrogen-bond acceptors (Lipinski definition) is 4. The van der Waals surface area contributed by atoms with E-state index in [1.165, 1.54) is 6.26 Å². The van der Waals surface area contributed by atoms with Crippen LogP contribution in [0.2, 0.25) is 0 Å². The molecule has 0 rings (SSSR count). The van der Waals surface area contributed by atoms with Gasteiger partial charge in [-0.25, -0.2) is 13.1 Å². The molecule has 0 aromatic heterocycles. The standard InChI is InChI=1S/C8H21N3O2S/c1-11(2)8-7-9-5-4-6-10-14(3,12)13/h9-10H,4-8H2,1-3H3. The molecule has 0 amide bonds. The molecule has 0 unspecified atom stereocenters. The van der Waals surface area contributed by atoms with Crippen LogP contribution in [0.5, 0.6) is 0 Å². The Morgan fingerprint density at radius 1 is 1.14 bits per heavy atom. The molecule has 0 aromatic carbocycles. The summed E-state index contributed by atoms with van der Waals surface area (Å²) in [6, 6.07) is 0. The van der Waals surface area contributed by atoms with E-state index in [2.05, 4.69) is 14.9 Å². The molecule has 0 aliphatic carbocycles. The molecule has 14 heavy (non-hydrogen) atoms. The van der Waals surface area contributed by atoms with Gasteiger partial charge >= 0.3 is 0 Å². The molecule has 0 spiro atoms. The van der Waals surface area contributed by atoms with Crippen molar-refractivity contribution in [1.82, 2.24) is 14.9 Å². The molecular formula is C8H21N3O2S. The first-order valence-corrected chi connectivity index (χ1v) is 6.61. The van der Waals surface area contributed by atoms with Crippen LogP contribution in [0.4, 0.5) is 0 Å². The lowest BCUT2D eigenvalue weighted by Crippen LogP contribution is -2.30. The highest BCUT2D eigenvalue weighted by atomic mass is 32.2. The molecule has 0 bridgehead atoms. The van der Waals surface area contributed by atoms with E-state index in [-0.39, 0.29) is 0 Å². The Kier molecular flexibility index (Phi) is 7.08. The highest BCUT2D eigenvalue weighted by Crippen LogP contribution is 1.78. The molecule has 0 fully saturated rings. The molecule has 0 aromatic rings. The van der Waals surface area contributed by atoms with E-state index in [9.17, 15) is 8.42 Å². The molecule has 0 saturated carbocycles. The van der Waals surface area contributed by atoms with Gasteiger partial charge in [0.15, 0.2) is 0 Å². The predicted molar refractivity (Wildman–Crippen MR) is 58.9 cm³/mol. The monoisotopic (exact) mass is 223 g/mol. The lowest BCUT2D eigenvalue weighted by Gasteiger charge is -2.10. The molecule has 6 heteroatoms. The van der Waals surface area contributed by atoms with Crippen LogP contribution in [-0.2, 0) is 10.0 Å². The average Bonchev–Trinajstić information content (AvgIpc) is 2.00. The molecule has 86 valence electrons. The Bertz CT molecular complexity index is 227. The molecule has 0 heterocycles. The topological polar surface area (TPSA) is 61.4 Å². The smallest absolute Gasteiger partial charge is 0.208 e. The van der Waals surface area contributed by atoms with E-state index in [1.807, 2.05) is 14.1 Å². The van der Waals surface area contributed by atoms with E-state index >= 15 is 0 Å². The van der Waals surface area contributed by atoms with Crippen LogP contribution < -0.4 is 10.0 Å². The van der Waals surface area contributed by atoms with Gasteiger partial charge in [-0.05, 0) is 27.1 Å². The van der Waals surface area contributed by atoms with Gasteiger partial charge in [-0.15, -0.1) is 0 Å². The van der Waals surface area contributed by atoms with Crippen molar-refractivity contribution in [3.05, 3.63) is 0 Å². The summed E-state index contributed by atoms with van der Waals surface area (Å²) in [5, 5.41) is 3.23. The van der Waals surface area contributed by atoms with Crippen LogP contribution in [0.3, 0.4) is 0 Å². The maximum Gasteiger partial charge on any atom is 0.208 e. The summed E-state index contributed by atoms with van der Waals surface area (Å²) < 4.78 is 23.8. The Labute approximate surface area is 86.9 Å². The van der Waals surface area contributed by atoms with E-state index in [0.717, 1.165) is 26.1 Å². The molecule has 0 aliphatic rings. The molecule has 2 N–H and O–H groups in total. The van der Waals surface area contributed by atoms with Crippen molar-refractivity contribution in [3.8, 4) is 0 Å². The predicted octanol–water partition coefficient (Wildman–Crippen LogP) is -0.923. The largest absolute Gasteiger partial charge is 0.315 e. The van der Waals surface area contributed by atoms with Crippen molar-refractivity contribution < 1.29 is 8.42 Å². The summed E-state index contributed by atoms with van der Waals surface area (Å²) in [7, 11) is 1.03. The summed E-state index contributed by atoms with van der Waals surface area (Å²) in [4.78, 5) is 2.10. The van der Waals surface area contributed by atoms with E-state index in [0.29, 0.717) is 6.54 Å². The Hall–Kier alpha value is -0.170.